The third-order valence-electron chi connectivity index (χ3n) is 6.43. The number of nitrogens with zero attached hydrogens (tertiary/aromatic N) is 2. The van der Waals surface area contributed by atoms with E-state index in [4.69, 9.17) is 14.2 Å². The number of alkyl halides is 3. The van der Waals surface area contributed by atoms with Crippen LogP contribution in [0.1, 0.15) is 21.6 Å². The average Bonchev–Trinajstić information content (AvgIpc) is 3.36. The predicted molar refractivity (Wildman–Crippen MR) is 150 cm³/mol. The van der Waals surface area contributed by atoms with E-state index in [1.54, 1.807) is 17.0 Å². The molecule has 0 bridgehead atoms. The lowest BCUT2D eigenvalue weighted by atomic mass is 10.1. The Labute approximate surface area is 242 Å². The zero-order valence-electron chi connectivity index (χ0n) is 23.2. The van der Waals surface area contributed by atoms with Gasteiger partial charge in [0.1, 0.15) is 0 Å². The molecule has 0 aliphatic carbocycles. The molecule has 0 aliphatic heterocycles. The van der Waals surface area contributed by atoms with Gasteiger partial charge in [0, 0.05) is 25.1 Å². The van der Waals surface area contributed by atoms with Gasteiger partial charge in [0.25, 0.3) is 0 Å². The van der Waals surface area contributed by atoms with Crippen molar-refractivity contribution < 1.29 is 40.6 Å². The summed E-state index contributed by atoms with van der Waals surface area (Å²) in [6.45, 7) is 1.58. The first-order valence-electron chi connectivity index (χ1n) is 12.6. The quantitative estimate of drug-likeness (QED) is 0.254. The molecular weight excluding hydrogens is 581 g/mol. The molecule has 0 aliphatic rings. The van der Waals surface area contributed by atoms with Crippen molar-refractivity contribution in [3.05, 3.63) is 75.5 Å². The highest BCUT2D eigenvalue weighted by atomic mass is 32.2. The Bertz CT molecular complexity index is 1430. The van der Waals surface area contributed by atoms with Crippen molar-refractivity contribution >= 4 is 27.3 Å². The molecule has 224 valence electrons. The number of halogens is 3. The number of rotatable bonds is 14. The zero-order valence-corrected chi connectivity index (χ0v) is 24.9. The Hall–Kier alpha value is -3.13. The minimum atomic E-state index is -4.72. The van der Waals surface area contributed by atoms with Gasteiger partial charge >= 0.3 is 6.18 Å². The summed E-state index contributed by atoms with van der Waals surface area (Å²) in [5, 5.41) is 1.91. The summed E-state index contributed by atoms with van der Waals surface area (Å²) in [7, 11) is -0.0376. The van der Waals surface area contributed by atoms with Crippen molar-refractivity contribution in [2.75, 3.05) is 47.6 Å². The van der Waals surface area contributed by atoms with Crippen molar-refractivity contribution in [1.82, 2.24) is 9.21 Å². The average molecular weight is 615 g/mol. The second-order valence-corrected chi connectivity index (χ2v) is 12.1. The van der Waals surface area contributed by atoms with Crippen LogP contribution in [-0.4, -0.2) is 71.1 Å². The molecule has 0 fully saturated rings. The van der Waals surface area contributed by atoms with Crippen molar-refractivity contribution in [2.24, 2.45) is 0 Å². The Balaban J connectivity index is 1.89. The van der Waals surface area contributed by atoms with Crippen LogP contribution in [0.25, 0.3) is 0 Å². The van der Waals surface area contributed by atoms with Crippen molar-refractivity contribution in [2.45, 2.75) is 31.0 Å². The van der Waals surface area contributed by atoms with Crippen LogP contribution in [0.3, 0.4) is 0 Å². The highest BCUT2D eigenvalue weighted by Gasteiger charge is 2.34. The summed E-state index contributed by atoms with van der Waals surface area (Å²) in [5.41, 5.74) is 0.768. The molecule has 1 heterocycles. The van der Waals surface area contributed by atoms with E-state index in [9.17, 15) is 26.4 Å². The van der Waals surface area contributed by atoms with Crippen LogP contribution in [0.15, 0.2) is 58.8 Å². The van der Waals surface area contributed by atoms with E-state index in [-0.39, 0.29) is 26.2 Å². The van der Waals surface area contributed by atoms with Crippen molar-refractivity contribution in [3.63, 3.8) is 0 Å². The molecule has 0 unspecified atom stereocenters. The van der Waals surface area contributed by atoms with Gasteiger partial charge in [0.05, 0.1) is 44.4 Å². The van der Waals surface area contributed by atoms with Crippen LogP contribution in [0.4, 0.5) is 13.2 Å². The van der Waals surface area contributed by atoms with E-state index in [1.807, 2.05) is 24.4 Å². The predicted octanol–water partition coefficient (Wildman–Crippen LogP) is 5.00. The number of carbonyl (C=O) groups excluding carboxylic acids is 1. The summed E-state index contributed by atoms with van der Waals surface area (Å²) in [5.74, 6) is 0.604. The molecule has 0 N–H and O–H groups in total. The molecule has 2 aromatic carbocycles. The number of carbonyl (C=O) groups is 1. The molecule has 0 atom stereocenters. The first-order chi connectivity index (χ1) is 19.4. The van der Waals surface area contributed by atoms with Crippen LogP contribution in [-0.2, 0) is 38.7 Å². The standard InChI is InChI=1S/C28H33F3N2O6S2/c1-20-11-15-40-26(20)18-32(12-10-21-8-9-24(38-3)25(16-21)39-4)27(34)19-33(13-14-37-2)41(35,36)23-7-5-6-22(17-23)28(29,30)31/h5-9,11,15-17H,10,12-14,18-19H2,1-4H3. The number of methoxy groups -OCH3 is 3. The number of hydrogen-bond acceptors (Lipinski definition) is 7. The van der Waals surface area contributed by atoms with Crippen LogP contribution < -0.4 is 9.47 Å². The number of amides is 1. The fraction of sp³-hybridized carbons (Fsp3) is 0.393. The SMILES string of the molecule is COCCN(CC(=O)N(CCc1ccc(OC)c(OC)c1)Cc1sccc1C)S(=O)(=O)c1cccc(C(F)(F)F)c1. The van der Waals surface area contributed by atoms with Crippen molar-refractivity contribution in [3.8, 4) is 11.5 Å². The molecule has 3 aromatic rings. The third-order valence-corrected chi connectivity index (χ3v) is 9.28. The fourth-order valence-electron chi connectivity index (χ4n) is 4.04. The Morgan fingerprint density at radius 2 is 1.71 bits per heavy atom. The summed E-state index contributed by atoms with van der Waals surface area (Å²) >= 11 is 1.48. The van der Waals surface area contributed by atoms with Gasteiger partial charge in [-0.3, -0.25) is 4.79 Å². The molecule has 13 heteroatoms. The Morgan fingerprint density at radius 3 is 2.32 bits per heavy atom. The minimum Gasteiger partial charge on any atom is -0.493 e. The zero-order chi connectivity index (χ0) is 30.2. The van der Waals surface area contributed by atoms with Gasteiger partial charge in [-0.2, -0.15) is 17.5 Å². The van der Waals surface area contributed by atoms with Crippen LogP contribution in [0, 0.1) is 6.92 Å². The molecule has 0 radical (unpaired) electrons. The lowest BCUT2D eigenvalue weighted by Crippen LogP contribution is -2.44. The molecule has 3 rings (SSSR count). The normalized spacial score (nSPS) is 12.0. The summed E-state index contributed by atoms with van der Waals surface area (Å²) in [6.07, 6.45) is -4.28. The lowest BCUT2D eigenvalue weighted by molar-refractivity contribution is -0.137. The monoisotopic (exact) mass is 614 g/mol. The molecule has 0 saturated carbocycles. The Morgan fingerprint density at radius 1 is 0.976 bits per heavy atom. The summed E-state index contributed by atoms with van der Waals surface area (Å²) in [4.78, 5) is 15.6. The summed E-state index contributed by atoms with van der Waals surface area (Å²) in [6, 6.07) is 10.8. The van der Waals surface area contributed by atoms with Gasteiger partial charge in [0.2, 0.25) is 15.9 Å². The largest absolute Gasteiger partial charge is 0.493 e. The maximum atomic E-state index is 13.7. The molecule has 0 saturated heterocycles. The number of benzene rings is 2. The summed E-state index contributed by atoms with van der Waals surface area (Å²) < 4.78 is 83.4. The number of ether oxygens (including phenoxy) is 3. The van der Waals surface area contributed by atoms with Gasteiger partial charge in [-0.25, -0.2) is 8.42 Å². The van der Waals surface area contributed by atoms with Gasteiger partial charge < -0.3 is 19.1 Å². The van der Waals surface area contributed by atoms with E-state index >= 15 is 0 Å². The number of thiophene rings is 1. The van der Waals surface area contributed by atoms with E-state index in [0.717, 1.165) is 38.5 Å². The smallest absolute Gasteiger partial charge is 0.416 e. The molecule has 8 nitrogen and oxygen atoms in total. The highest BCUT2D eigenvalue weighted by Crippen LogP contribution is 2.31. The topological polar surface area (TPSA) is 85.4 Å². The lowest BCUT2D eigenvalue weighted by Gasteiger charge is -2.27. The van der Waals surface area contributed by atoms with E-state index in [2.05, 4.69) is 0 Å². The van der Waals surface area contributed by atoms with Crippen LogP contribution >= 0.6 is 11.3 Å². The first kappa shape index (κ1) is 32.4. The molecule has 1 amide bonds. The van der Waals surface area contributed by atoms with Crippen LogP contribution in [0.5, 0.6) is 11.5 Å². The maximum Gasteiger partial charge on any atom is 0.416 e. The van der Waals surface area contributed by atoms with Gasteiger partial charge in [-0.1, -0.05) is 12.1 Å². The maximum absolute atomic E-state index is 13.7. The Kier molecular flexibility index (Phi) is 11.2. The molecular formula is C28H33F3N2O6S2. The second kappa shape index (κ2) is 14.2. The first-order valence-corrected chi connectivity index (χ1v) is 14.9. The van der Waals surface area contributed by atoms with E-state index in [1.165, 1.54) is 32.7 Å². The number of aryl methyl sites for hydroxylation is 1. The minimum absolute atomic E-state index is 0.0544. The van der Waals surface area contributed by atoms with Gasteiger partial charge in [-0.05, 0) is 66.2 Å². The molecule has 1 aromatic heterocycles. The second-order valence-electron chi connectivity index (χ2n) is 9.14. The highest BCUT2D eigenvalue weighted by molar-refractivity contribution is 7.89. The van der Waals surface area contributed by atoms with E-state index in [0.29, 0.717) is 24.0 Å². The van der Waals surface area contributed by atoms with E-state index < -0.39 is 39.1 Å². The third kappa shape index (κ3) is 8.44. The number of sulfonamides is 1. The van der Waals surface area contributed by atoms with Gasteiger partial charge in [-0.15, -0.1) is 11.3 Å². The van der Waals surface area contributed by atoms with Crippen molar-refractivity contribution in [1.29, 1.82) is 0 Å². The number of hydrogen-bond donors (Lipinski definition) is 0. The van der Waals surface area contributed by atoms with Gasteiger partial charge in [0.15, 0.2) is 11.5 Å². The molecule has 41 heavy (non-hydrogen) atoms. The fourth-order valence-corrected chi connectivity index (χ4v) is 6.38. The molecule has 0 spiro atoms. The van der Waals surface area contributed by atoms with Crippen LogP contribution in [0.2, 0.25) is 0 Å².